The van der Waals surface area contributed by atoms with Crippen molar-refractivity contribution in [2.45, 2.75) is 19.8 Å². The molecule has 0 aliphatic carbocycles. The zero-order valence-electron chi connectivity index (χ0n) is 9.31. The van der Waals surface area contributed by atoms with Gasteiger partial charge in [-0.2, -0.15) is 0 Å². The molecule has 1 aromatic heterocycles. The fraction of sp³-hybridized carbons (Fsp3) is 0.250. The van der Waals surface area contributed by atoms with Gasteiger partial charge in [0.05, 0.1) is 0 Å². The number of carboxylic acid groups (broad SMARTS) is 1. The van der Waals surface area contributed by atoms with Crippen LogP contribution in [0.2, 0.25) is 5.02 Å². The van der Waals surface area contributed by atoms with Crippen molar-refractivity contribution in [3.8, 4) is 0 Å². The minimum atomic E-state index is -0.974. The Morgan fingerprint density at radius 3 is 2.82 bits per heavy atom. The number of rotatable bonds is 5. The summed E-state index contributed by atoms with van der Waals surface area (Å²) in [6, 6.07) is 3.09. The number of carboxylic acids is 1. The lowest BCUT2D eigenvalue weighted by atomic mass is 10.1. The van der Waals surface area contributed by atoms with Gasteiger partial charge in [0, 0.05) is 23.2 Å². The Morgan fingerprint density at radius 2 is 2.24 bits per heavy atom. The quantitative estimate of drug-likeness (QED) is 0.647. The molecule has 4 nitrogen and oxygen atoms in total. The van der Waals surface area contributed by atoms with Gasteiger partial charge < -0.3 is 5.11 Å². The molecule has 1 heterocycles. The van der Waals surface area contributed by atoms with Crippen LogP contribution in [0.4, 0.5) is 0 Å². The van der Waals surface area contributed by atoms with Crippen molar-refractivity contribution in [3.05, 3.63) is 40.7 Å². The topological polar surface area (TPSA) is 67.3 Å². The van der Waals surface area contributed by atoms with E-state index in [0.29, 0.717) is 17.1 Å². The van der Waals surface area contributed by atoms with Crippen LogP contribution >= 0.6 is 11.6 Å². The minimum absolute atomic E-state index is 0.151. The number of Topliss-reactive ketones (excluding diaryl/α,β-unsaturated/α-hetero) is 1. The lowest BCUT2D eigenvalue weighted by Crippen LogP contribution is -2.02. The molecule has 1 N–H and O–H groups in total. The summed E-state index contributed by atoms with van der Waals surface area (Å²) in [5.74, 6) is -1.12. The third-order valence-electron chi connectivity index (χ3n) is 2.17. The van der Waals surface area contributed by atoms with Gasteiger partial charge in [0.2, 0.25) is 0 Å². The maximum Gasteiger partial charge on any atom is 0.330 e. The van der Waals surface area contributed by atoms with E-state index in [9.17, 15) is 9.59 Å². The van der Waals surface area contributed by atoms with Crippen LogP contribution < -0.4 is 0 Å². The van der Waals surface area contributed by atoms with E-state index < -0.39 is 5.97 Å². The number of hydrogen-bond acceptors (Lipinski definition) is 3. The number of nitrogens with zero attached hydrogens (tertiary/aromatic N) is 1. The molecule has 0 aliphatic rings. The van der Waals surface area contributed by atoms with E-state index in [2.05, 4.69) is 4.98 Å². The summed E-state index contributed by atoms with van der Waals surface area (Å²) in [6.45, 7) is 1.49. The highest BCUT2D eigenvalue weighted by atomic mass is 35.5. The first-order valence-electron chi connectivity index (χ1n) is 5.05. The highest BCUT2D eigenvalue weighted by molar-refractivity contribution is 6.30. The SMILES string of the molecule is CC(=CCCC(=O)c1cc(Cl)ccn1)C(=O)O. The number of ketones is 1. The second kappa shape index (κ2) is 6.15. The van der Waals surface area contributed by atoms with Crippen LogP contribution in [0.3, 0.4) is 0 Å². The molecular formula is C12H12ClNO3. The zero-order valence-corrected chi connectivity index (χ0v) is 10.1. The Bertz CT molecular complexity index is 469. The molecular weight excluding hydrogens is 242 g/mol. The van der Waals surface area contributed by atoms with Crippen molar-refractivity contribution in [2.75, 3.05) is 0 Å². The monoisotopic (exact) mass is 253 g/mol. The molecule has 90 valence electrons. The van der Waals surface area contributed by atoms with Crippen LogP contribution in [0.25, 0.3) is 0 Å². The Kier molecular flexibility index (Phi) is 4.84. The zero-order chi connectivity index (χ0) is 12.8. The van der Waals surface area contributed by atoms with Crippen LogP contribution in [-0.4, -0.2) is 21.8 Å². The van der Waals surface area contributed by atoms with Crippen molar-refractivity contribution in [2.24, 2.45) is 0 Å². The van der Waals surface area contributed by atoms with Gasteiger partial charge in [-0.1, -0.05) is 17.7 Å². The molecule has 1 rings (SSSR count). The average molecular weight is 254 g/mol. The van der Waals surface area contributed by atoms with Gasteiger partial charge in [0.15, 0.2) is 5.78 Å². The normalized spacial score (nSPS) is 11.3. The predicted molar refractivity (Wildman–Crippen MR) is 64.2 cm³/mol. The first-order valence-corrected chi connectivity index (χ1v) is 5.43. The van der Waals surface area contributed by atoms with Gasteiger partial charge in [0.1, 0.15) is 5.69 Å². The number of carbonyl (C=O) groups is 2. The third-order valence-corrected chi connectivity index (χ3v) is 2.40. The van der Waals surface area contributed by atoms with Gasteiger partial charge in [-0.3, -0.25) is 9.78 Å². The smallest absolute Gasteiger partial charge is 0.330 e. The number of allylic oxidation sites excluding steroid dienone is 1. The van der Waals surface area contributed by atoms with Crippen LogP contribution in [0.15, 0.2) is 30.0 Å². The number of halogens is 1. The predicted octanol–water partition coefficient (Wildman–Crippen LogP) is 2.73. The Balaban J connectivity index is 2.57. The molecule has 0 unspecified atom stereocenters. The summed E-state index contributed by atoms with van der Waals surface area (Å²) < 4.78 is 0. The summed E-state index contributed by atoms with van der Waals surface area (Å²) in [6.07, 6.45) is 3.59. The summed E-state index contributed by atoms with van der Waals surface area (Å²) in [7, 11) is 0. The number of hydrogen-bond donors (Lipinski definition) is 1. The standard InChI is InChI=1S/C12H12ClNO3/c1-8(12(16)17)3-2-4-11(15)10-7-9(13)5-6-14-10/h3,5-7H,2,4H2,1H3,(H,16,17). The maximum absolute atomic E-state index is 11.7. The summed E-state index contributed by atoms with van der Waals surface area (Å²) in [5, 5.41) is 9.08. The number of pyridine rings is 1. The molecule has 0 atom stereocenters. The lowest BCUT2D eigenvalue weighted by Gasteiger charge is -1.99. The van der Waals surface area contributed by atoms with E-state index in [0.717, 1.165) is 0 Å². The van der Waals surface area contributed by atoms with Crippen LogP contribution in [0, 0.1) is 0 Å². The largest absolute Gasteiger partial charge is 0.478 e. The van der Waals surface area contributed by atoms with Crippen molar-refractivity contribution in [1.82, 2.24) is 4.98 Å². The Labute approximate surface area is 104 Å². The molecule has 0 aromatic carbocycles. The second-order valence-corrected chi connectivity index (χ2v) is 3.95. The molecule has 0 fully saturated rings. The van der Waals surface area contributed by atoms with E-state index in [4.69, 9.17) is 16.7 Å². The second-order valence-electron chi connectivity index (χ2n) is 3.51. The van der Waals surface area contributed by atoms with Gasteiger partial charge in [-0.25, -0.2) is 4.79 Å². The highest BCUT2D eigenvalue weighted by Crippen LogP contribution is 2.11. The number of aromatic nitrogens is 1. The van der Waals surface area contributed by atoms with Crippen molar-refractivity contribution in [1.29, 1.82) is 0 Å². The minimum Gasteiger partial charge on any atom is -0.478 e. The molecule has 17 heavy (non-hydrogen) atoms. The maximum atomic E-state index is 11.7. The molecule has 0 aliphatic heterocycles. The fourth-order valence-electron chi connectivity index (χ4n) is 1.19. The van der Waals surface area contributed by atoms with Gasteiger partial charge in [-0.15, -0.1) is 0 Å². The Hall–Kier alpha value is -1.68. The highest BCUT2D eigenvalue weighted by Gasteiger charge is 2.07. The molecule has 5 heteroatoms. The van der Waals surface area contributed by atoms with Crippen molar-refractivity contribution >= 4 is 23.4 Å². The first kappa shape index (κ1) is 13.4. The van der Waals surface area contributed by atoms with E-state index in [-0.39, 0.29) is 17.8 Å². The van der Waals surface area contributed by atoms with Crippen LogP contribution in [-0.2, 0) is 4.79 Å². The van der Waals surface area contributed by atoms with Crippen molar-refractivity contribution in [3.63, 3.8) is 0 Å². The summed E-state index contributed by atoms with van der Waals surface area (Å²) in [4.78, 5) is 26.1. The molecule has 0 saturated heterocycles. The third kappa shape index (κ3) is 4.36. The van der Waals surface area contributed by atoms with Gasteiger partial charge in [-0.05, 0) is 25.5 Å². The van der Waals surface area contributed by atoms with E-state index >= 15 is 0 Å². The number of aliphatic carboxylic acids is 1. The van der Waals surface area contributed by atoms with Crippen LogP contribution in [0.1, 0.15) is 30.3 Å². The van der Waals surface area contributed by atoms with E-state index in [1.54, 1.807) is 6.07 Å². The molecule has 0 radical (unpaired) electrons. The fourth-order valence-corrected chi connectivity index (χ4v) is 1.35. The van der Waals surface area contributed by atoms with Crippen molar-refractivity contribution < 1.29 is 14.7 Å². The lowest BCUT2D eigenvalue weighted by molar-refractivity contribution is -0.132. The molecule has 0 bridgehead atoms. The van der Waals surface area contributed by atoms with Gasteiger partial charge >= 0.3 is 5.97 Å². The Morgan fingerprint density at radius 1 is 1.53 bits per heavy atom. The molecule has 0 spiro atoms. The summed E-state index contributed by atoms with van der Waals surface area (Å²) in [5.41, 5.74) is 0.538. The summed E-state index contributed by atoms with van der Waals surface area (Å²) >= 11 is 5.73. The molecule has 0 amide bonds. The van der Waals surface area contributed by atoms with E-state index in [1.165, 1.54) is 25.3 Å². The van der Waals surface area contributed by atoms with Crippen LogP contribution in [0.5, 0.6) is 0 Å². The first-order chi connectivity index (χ1) is 8.00. The van der Waals surface area contributed by atoms with E-state index in [1.807, 2.05) is 0 Å². The molecule has 0 saturated carbocycles. The molecule has 1 aromatic rings. The number of carbonyl (C=O) groups excluding carboxylic acids is 1. The average Bonchev–Trinajstić information content (AvgIpc) is 2.28. The van der Waals surface area contributed by atoms with Gasteiger partial charge in [0.25, 0.3) is 0 Å².